The van der Waals surface area contributed by atoms with Crippen molar-refractivity contribution in [1.29, 1.82) is 0 Å². The van der Waals surface area contributed by atoms with E-state index in [0.29, 0.717) is 31.7 Å². The number of hydrogen-bond donors (Lipinski definition) is 1. The summed E-state index contributed by atoms with van der Waals surface area (Å²) in [6.45, 7) is 2.62. The van der Waals surface area contributed by atoms with Gasteiger partial charge in [0, 0.05) is 13.0 Å². The standard InChI is InChI=1S/C16H27NO3/c1-2-9-16(15(19)20)10-6-11-17(16)14(18)12-13-7-4-3-5-8-13/h13H,2-12H2,1H3,(H,19,20). The summed E-state index contributed by atoms with van der Waals surface area (Å²) in [7, 11) is 0. The van der Waals surface area contributed by atoms with E-state index in [2.05, 4.69) is 0 Å². The van der Waals surface area contributed by atoms with E-state index in [0.717, 1.165) is 25.7 Å². The summed E-state index contributed by atoms with van der Waals surface area (Å²) in [5.41, 5.74) is -0.916. The first-order valence-electron chi connectivity index (χ1n) is 8.14. The van der Waals surface area contributed by atoms with Gasteiger partial charge < -0.3 is 10.0 Å². The van der Waals surface area contributed by atoms with Crippen molar-refractivity contribution in [2.24, 2.45) is 5.92 Å². The number of nitrogens with zero attached hydrogens (tertiary/aromatic N) is 1. The van der Waals surface area contributed by atoms with Crippen LogP contribution in [0.25, 0.3) is 0 Å². The molecule has 1 amide bonds. The summed E-state index contributed by atoms with van der Waals surface area (Å²) in [6.07, 6.45) is 9.37. The number of carbonyl (C=O) groups excluding carboxylic acids is 1. The van der Waals surface area contributed by atoms with Crippen molar-refractivity contribution < 1.29 is 14.7 Å². The summed E-state index contributed by atoms with van der Waals surface area (Å²) in [6, 6.07) is 0. The molecule has 1 saturated carbocycles. The molecule has 1 heterocycles. The molecule has 1 saturated heterocycles. The fourth-order valence-corrected chi connectivity index (χ4v) is 3.99. The molecule has 0 aromatic carbocycles. The Morgan fingerprint density at radius 3 is 2.50 bits per heavy atom. The van der Waals surface area contributed by atoms with Crippen molar-refractivity contribution in [2.45, 2.75) is 76.7 Å². The van der Waals surface area contributed by atoms with Crippen molar-refractivity contribution in [3.05, 3.63) is 0 Å². The SMILES string of the molecule is CCCC1(C(=O)O)CCCN1C(=O)CC1CCCCC1. The Morgan fingerprint density at radius 1 is 1.20 bits per heavy atom. The number of likely N-dealkylation sites (tertiary alicyclic amines) is 1. The van der Waals surface area contributed by atoms with Crippen LogP contribution in [0, 0.1) is 5.92 Å². The van der Waals surface area contributed by atoms with Gasteiger partial charge in [-0.3, -0.25) is 4.79 Å². The van der Waals surface area contributed by atoms with Gasteiger partial charge in [-0.2, -0.15) is 0 Å². The van der Waals surface area contributed by atoms with E-state index >= 15 is 0 Å². The molecule has 114 valence electrons. The second-order valence-corrected chi connectivity index (χ2v) is 6.44. The minimum absolute atomic E-state index is 0.0743. The van der Waals surface area contributed by atoms with E-state index < -0.39 is 11.5 Å². The Hall–Kier alpha value is -1.06. The highest BCUT2D eigenvalue weighted by molar-refractivity contribution is 5.87. The van der Waals surface area contributed by atoms with E-state index in [-0.39, 0.29) is 5.91 Å². The van der Waals surface area contributed by atoms with Gasteiger partial charge in [0.1, 0.15) is 5.54 Å². The first-order valence-corrected chi connectivity index (χ1v) is 8.14. The molecule has 2 aliphatic rings. The number of aliphatic carboxylic acids is 1. The number of rotatable bonds is 5. The smallest absolute Gasteiger partial charge is 0.329 e. The number of hydrogen-bond acceptors (Lipinski definition) is 2. The molecule has 0 aromatic heterocycles. The molecule has 0 bridgehead atoms. The molecule has 0 radical (unpaired) electrons. The topological polar surface area (TPSA) is 57.6 Å². The maximum Gasteiger partial charge on any atom is 0.329 e. The highest BCUT2D eigenvalue weighted by Gasteiger charge is 2.49. The Morgan fingerprint density at radius 2 is 1.90 bits per heavy atom. The fraction of sp³-hybridized carbons (Fsp3) is 0.875. The van der Waals surface area contributed by atoms with Crippen molar-refractivity contribution in [3.8, 4) is 0 Å². The van der Waals surface area contributed by atoms with Gasteiger partial charge >= 0.3 is 5.97 Å². The maximum absolute atomic E-state index is 12.6. The van der Waals surface area contributed by atoms with E-state index in [1.807, 2.05) is 6.92 Å². The highest BCUT2D eigenvalue weighted by atomic mass is 16.4. The normalized spacial score (nSPS) is 27.8. The molecule has 2 rings (SSSR count). The van der Waals surface area contributed by atoms with Crippen LogP contribution in [0.2, 0.25) is 0 Å². The molecule has 20 heavy (non-hydrogen) atoms. The van der Waals surface area contributed by atoms with Gasteiger partial charge in [-0.1, -0.05) is 32.6 Å². The van der Waals surface area contributed by atoms with Gasteiger partial charge in [0.15, 0.2) is 0 Å². The third kappa shape index (κ3) is 2.99. The van der Waals surface area contributed by atoms with Crippen LogP contribution in [-0.4, -0.2) is 34.0 Å². The number of carboxylic acids is 1. The van der Waals surface area contributed by atoms with Crippen molar-refractivity contribution in [3.63, 3.8) is 0 Å². The van der Waals surface area contributed by atoms with Gasteiger partial charge in [0.2, 0.25) is 5.91 Å². The summed E-state index contributed by atoms with van der Waals surface area (Å²) >= 11 is 0. The predicted octanol–water partition coefficient (Wildman–Crippen LogP) is 3.20. The summed E-state index contributed by atoms with van der Waals surface area (Å²) < 4.78 is 0. The lowest BCUT2D eigenvalue weighted by atomic mass is 9.85. The van der Waals surface area contributed by atoms with E-state index in [4.69, 9.17) is 0 Å². The van der Waals surface area contributed by atoms with Crippen LogP contribution in [0.4, 0.5) is 0 Å². The van der Waals surface area contributed by atoms with Crippen LogP contribution >= 0.6 is 0 Å². The lowest BCUT2D eigenvalue weighted by molar-refractivity contribution is -0.157. The van der Waals surface area contributed by atoms with Gasteiger partial charge in [-0.15, -0.1) is 0 Å². The molecule has 1 aliphatic heterocycles. The van der Waals surface area contributed by atoms with E-state index in [1.165, 1.54) is 19.3 Å². The number of carbonyl (C=O) groups is 2. The van der Waals surface area contributed by atoms with Gasteiger partial charge in [0.25, 0.3) is 0 Å². The van der Waals surface area contributed by atoms with Gasteiger partial charge in [0.05, 0.1) is 0 Å². The van der Waals surface area contributed by atoms with E-state index in [1.54, 1.807) is 4.90 Å². The third-order valence-electron chi connectivity index (χ3n) is 5.04. The molecule has 4 nitrogen and oxygen atoms in total. The zero-order chi connectivity index (χ0) is 14.6. The fourth-order valence-electron chi connectivity index (χ4n) is 3.99. The predicted molar refractivity (Wildman–Crippen MR) is 77.4 cm³/mol. The minimum atomic E-state index is -0.916. The Balaban J connectivity index is 2.04. The van der Waals surface area contributed by atoms with E-state index in [9.17, 15) is 14.7 Å². The van der Waals surface area contributed by atoms with Gasteiger partial charge in [-0.05, 0) is 38.0 Å². The maximum atomic E-state index is 12.6. The summed E-state index contributed by atoms with van der Waals surface area (Å²) in [4.78, 5) is 26.0. The molecular formula is C16H27NO3. The average molecular weight is 281 g/mol. The summed E-state index contributed by atoms with van der Waals surface area (Å²) in [5.74, 6) is -0.260. The molecule has 2 fully saturated rings. The minimum Gasteiger partial charge on any atom is -0.479 e. The zero-order valence-electron chi connectivity index (χ0n) is 12.6. The van der Waals surface area contributed by atoms with Crippen LogP contribution < -0.4 is 0 Å². The van der Waals surface area contributed by atoms with Crippen LogP contribution in [0.3, 0.4) is 0 Å². The molecule has 1 unspecified atom stereocenters. The number of carboxylic acid groups (broad SMARTS) is 1. The molecule has 1 N–H and O–H groups in total. The summed E-state index contributed by atoms with van der Waals surface area (Å²) in [5, 5.41) is 9.63. The van der Waals surface area contributed by atoms with Crippen LogP contribution in [-0.2, 0) is 9.59 Å². The zero-order valence-corrected chi connectivity index (χ0v) is 12.6. The van der Waals surface area contributed by atoms with Crippen LogP contribution in [0.5, 0.6) is 0 Å². The first-order chi connectivity index (χ1) is 9.60. The lowest BCUT2D eigenvalue weighted by Crippen LogP contribution is -2.53. The second kappa shape index (κ2) is 6.59. The van der Waals surface area contributed by atoms with Gasteiger partial charge in [-0.25, -0.2) is 4.79 Å². The van der Waals surface area contributed by atoms with Crippen molar-refractivity contribution in [2.75, 3.05) is 6.54 Å². The Kier molecular flexibility index (Phi) is 5.06. The van der Waals surface area contributed by atoms with Crippen molar-refractivity contribution in [1.82, 2.24) is 4.90 Å². The Bertz CT molecular complexity index is 363. The second-order valence-electron chi connectivity index (χ2n) is 6.44. The molecule has 1 aliphatic carbocycles. The quantitative estimate of drug-likeness (QED) is 0.842. The largest absolute Gasteiger partial charge is 0.479 e. The molecular weight excluding hydrogens is 254 g/mol. The molecule has 0 spiro atoms. The first kappa shape index (κ1) is 15.3. The number of amides is 1. The van der Waals surface area contributed by atoms with Crippen LogP contribution in [0.1, 0.15) is 71.1 Å². The average Bonchev–Trinajstić information content (AvgIpc) is 2.85. The lowest BCUT2D eigenvalue weighted by Gasteiger charge is -2.36. The monoisotopic (exact) mass is 281 g/mol. The van der Waals surface area contributed by atoms with Crippen molar-refractivity contribution >= 4 is 11.9 Å². The van der Waals surface area contributed by atoms with Crippen LogP contribution in [0.15, 0.2) is 0 Å². The third-order valence-corrected chi connectivity index (χ3v) is 5.04. The molecule has 1 atom stereocenters. The molecule has 0 aromatic rings. The highest BCUT2D eigenvalue weighted by Crippen LogP contribution is 2.36. The molecule has 4 heteroatoms. The Labute approximate surface area is 121 Å².